The Bertz CT molecular complexity index is 462. The van der Waals surface area contributed by atoms with Crippen LogP contribution in [-0.4, -0.2) is 34.4 Å². The van der Waals surface area contributed by atoms with Crippen molar-refractivity contribution in [3.05, 3.63) is 30.1 Å². The zero-order chi connectivity index (χ0) is 12.9. The van der Waals surface area contributed by atoms with Gasteiger partial charge in [0, 0.05) is 6.61 Å². The van der Waals surface area contributed by atoms with E-state index in [0.29, 0.717) is 6.61 Å². The van der Waals surface area contributed by atoms with Gasteiger partial charge in [-0.15, -0.1) is 0 Å². The van der Waals surface area contributed by atoms with Gasteiger partial charge in [-0.1, -0.05) is 12.1 Å². The molecule has 0 aliphatic heterocycles. The summed E-state index contributed by atoms with van der Waals surface area (Å²) < 4.78 is 42.8. The maximum atomic E-state index is 13.5. The lowest BCUT2D eigenvalue weighted by molar-refractivity contribution is 0.156. The standard InChI is InChI=1S/C11H16FNO3S/c1-3-16-9-8-13(17(2,14)15)11-7-5-4-6-10(11)12/h4-7H,3,8-9H2,1-2H3. The van der Waals surface area contributed by atoms with Crippen molar-refractivity contribution in [3.8, 4) is 0 Å². The zero-order valence-corrected chi connectivity index (χ0v) is 10.7. The van der Waals surface area contributed by atoms with E-state index < -0.39 is 15.8 Å². The monoisotopic (exact) mass is 261 g/mol. The van der Waals surface area contributed by atoms with Gasteiger partial charge in [0.15, 0.2) is 0 Å². The van der Waals surface area contributed by atoms with Gasteiger partial charge in [0.2, 0.25) is 10.0 Å². The average Bonchev–Trinajstić information content (AvgIpc) is 2.24. The Morgan fingerprint density at radius 1 is 1.35 bits per heavy atom. The highest BCUT2D eigenvalue weighted by Gasteiger charge is 2.19. The summed E-state index contributed by atoms with van der Waals surface area (Å²) in [4.78, 5) is 0. The van der Waals surface area contributed by atoms with Crippen molar-refractivity contribution in [1.82, 2.24) is 0 Å². The highest BCUT2D eigenvalue weighted by molar-refractivity contribution is 7.92. The van der Waals surface area contributed by atoms with E-state index in [0.717, 1.165) is 10.6 Å². The molecule has 0 radical (unpaired) electrons. The van der Waals surface area contributed by atoms with Crippen molar-refractivity contribution in [2.24, 2.45) is 0 Å². The van der Waals surface area contributed by atoms with Crippen LogP contribution >= 0.6 is 0 Å². The molecule has 0 saturated carbocycles. The minimum atomic E-state index is -3.51. The molecule has 0 aliphatic rings. The van der Waals surface area contributed by atoms with Crippen LogP contribution in [0.4, 0.5) is 10.1 Å². The molecule has 0 aromatic heterocycles. The van der Waals surface area contributed by atoms with Gasteiger partial charge < -0.3 is 4.74 Å². The summed E-state index contributed by atoms with van der Waals surface area (Å²) in [5, 5.41) is 0. The third kappa shape index (κ3) is 3.98. The lowest BCUT2D eigenvalue weighted by Crippen LogP contribution is -2.33. The number of rotatable bonds is 6. The lowest BCUT2D eigenvalue weighted by Gasteiger charge is -2.22. The Hall–Kier alpha value is -1.14. The van der Waals surface area contributed by atoms with Crippen LogP contribution in [0.2, 0.25) is 0 Å². The number of para-hydroxylation sites is 1. The van der Waals surface area contributed by atoms with E-state index >= 15 is 0 Å². The second-order valence-electron chi connectivity index (χ2n) is 3.48. The number of nitrogens with zero attached hydrogens (tertiary/aromatic N) is 1. The van der Waals surface area contributed by atoms with Gasteiger partial charge in [0.1, 0.15) is 5.82 Å². The van der Waals surface area contributed by atoms with E-state index in [2.05, 4.69) is 0 Å². The Kier molecular flexibility index (Phi) is 4.89. The first-order chi connectivity index (χ1) is 7.96. The number of hydrogen-bond donors (Lipinski definition) is 0. The van der Waals surface area contributed by atoms with E-state index in [9.17, 15) is 12.8 Å². The fraction of sp³-hybridized carbons (Fsp3) is 0.455. The lowest BCUT2D eigenvalue weighted by atomic mass is 10.3. The smallest absolute Gasteiger partial charge is 0.232 e. The highest BCUT2D eigenvalue weighted by Crippen LogP contribution is 2.20. The molecule has 6 heteroatoms. The third-order valence-electron chi connectivity index (χ3n) is 2.16. The van der Waals surface area contributed by atoms with E-state index in [4.69, 9.17) is 4.74 Å². The first-order valence-corrected chi connectivity index (χ1v) is 7.11. The first-order valence-electron chi connectivity index (χ1n) is 5.26. The van der Waals surface area contributed by atoms with Crippen LogP contribution in [-0.2, 0) is 14.8 Å². The third-order valence-corrected chi connectivity index (χ3v) is 3.34. The Balaban J connectivity index is 2.96. The van der Waals surface area contributed by atoms with Crippen molar-refractivity contribution >= 4 is 15.7 Å². The zero-order valence-electron chi connectivity index (χ0n) is 9.89. The number of ether oxygens (including phenoxy) is 1. The van der Waals surface area contributed by atoms with Crippen LogP contribution in [0.3, 0.4) is 0 Å². The molecule has 1 aromatic rings. The maximum Gasteiger partial charge on any atom is 0.232 e. The van der Waals surface area contributed by atoms with Crippen molar-refractivity contribution < 1.29 is 17.5 Å². The van der Waals surface area contributed by atoms with Crippen molar-refractivity contribution in [1.29, 1.82) is 0 Å². The summed E-state index contributed by atoms with van der Waals surface area (Å²) in [5.74, 6) is -0.561. The van der Waals surface area contributed by atoms with Gasteiger partial charge in [-0.05, 0) is 19.1 Å². The fourth-order valence-electron chi connectivity index (χ4n) is 1.41. The molecule has 0 saturated heterocycles. The molecule has 1 rings (SSSR count). The molecular formula is C11H16FNO3S. The second kappa shape index (κ2) is 5.97. The van der Waals surface area contributed by atoms with Crippen molar-refractivity contribution in [3.63, 3.8) is 0 Å². The minimum Gasteiger partial charge on any atom is -0.380 e. The maximum absolute atomic E-state index is 13.5. The normalized spacial score (nSPS) is 11.5. The summed E-state index contributed by atoms with van der Waals surface area (Å²) in [6, 6.07) is 5.77. The Morgan fingerprint density at radius 2 is 2.00 bits per heavy atom. The molecule has 1 aromatic carbocycles. The first kappa shape index (κ1) is 13.9. The quantitative estimate of drug-likeness (QED) is 0.731. The summed E-state index contributed by atoms with van der Waals surface area (Å²) in [7, 11) is -3.51. The number of sulfonamides is 1. The Morgan fingerprint density at radius 3 is 2.53 bits per heavy atom. The van der Waals surface area contributed by atoms with Gasteiger partial charge >= 0.3 is 0 Å². The van der Waals surface area contributed by atoms with Crippen molar-refractivity contribution in [2.75, 3.05) is 30.3 Å². The van der Waals surface area contributed by atoms with E-state index in [1.807, 2.05) is 6.92 Å². The Labute approximate surface area is 101 Å². The molecule has 0 bridgehead atoms. The summed E-state index contributed by atoms with van der Waals surface area (Å²) in [5.41, 5.74) is 0.0507. The van der Waals surface area contributed by atoms with Gasteiger partial charge in [-0.3, -0.25) is 4.31 Å². The molecular weight excluding hydrogens is 245 g/mol. The molecule has 0 N–H and O–H groups in total. The number of hydrogen-bond acceptors (Lipinski definition) is 3. The predicted octanol–water partition coefficient (Wildman–Crippen LogP) is 1.63. The topological polar surface area (TPSA) is 46.6 Å². The molecule has 0 atom stereocenters. The largest absolute Gasteiger partial charge is 0.380 e. The molecule has 0 unspecified atom stereocenters. The van der Waals surface area contributed by atoms with Gasteiger partial charge in [0.05, 0.1) is 25.1 Å². The van der Waals surface area contributed by atoms with E-state index in [-0.39, 0.29) is 18.8 Å². The molecule has 0 spiro atoms. The number of anilines is 1. The van der Waals surface area contributed by atoms with Crippen molar-refractivity contribution in [2.45, 2.75) is 6.92 Å². The van der Waals surface area contributed by atoms with Gasteiger partial charge in [-0.25, -0.2) is 12.8 Å². The summed E-state index contributed by atoms with van der Waals surface area (Å²) >= 11 is 0. The molecule has 17 heavy (non-hydrogen) atoms. The molecule has 4 nitrogen and oxygen atoms in total. The minimum absolute atomic E-state index is 0.0507. The van der Waals surface area contributed by atoms with E-state index in [1.165, 1.54) is 18.2 Å². The second-order valence-corrected chi connectivity index (χ2v) is 5.39. The van der Waals surface area contributed by atoms with Gasteiger partial charge in [-0.2, -0.15) is 0 Å². The molecule has 0 fully saturated rings. The molecule has 0 amide bonds. The van der Waals surface area contributed by atoms with Crippen LogP contribution in [0.1, 0.15) is 6.92 Å². The van der Waals surface area contributed by atoms with Crippen LogP contribution in [0.15, 0.2) is 24.3 Å². The SMILES string of the molecule is CCOCCN(c1ccccc1F)S(C)(=O)=O. The fourth-order valence-corrected chi connectivity index (χ4v) is 2.32. The molecule has 96 valence electrons. The van der Waals surface area contributed by atoms with Crippen LogP contribution in [0.5, 0.6) is 0 Å². The van der Waals surface area contributed by atoms with Crippen LogP contribution in [0.25, 0.3) is 0 Å². The van der Waals surface area contributed by atoms with E-state index in [1.54, 1.807) is 6.07 Å². The number of halogens is 1. The number of benzene rings is 1. The summed E-state index contributed by atoms with van der Waals surface area (Å²) in [6.45, 7) is 2.65. The molecule has 0 aliphatic carbocycles. The summed E-state index contributed by atoms with van der Waals surface area (Å²) in [6.07, 6.45) is 1.05. The predicted molar refractivity (Wildman–Crippen MR) is 65.1 cm³/mol. The average molecular weight is 261 g/mol. The van der Waals surface area contributed by atoms with Crippen LogP contribution in [0, 0.1) is 5.82 Å². The van der Waals surface area contributed by atoms with Gasteiger partial charge in [0.25, 0.3) is 0 Å². The van der Waals surface area contributed by atoms with Crippen LogP contribution < -0.4 is 4.31 Å². The highest BCUT2D eigenvalue weighted by atomic mass is 32.2. The molecule has 0 heterocycles.